The minimum absolute atomic E-state index is 0.115. The van der Waals surface area contributed by atoms with Gasteiger partial charge in [-0.2, -0.15) is 0 Å². The first kappa shape index (κ1) is 12.9. The lowest BCUT2D eigenvalue weighted by atomic mass is 10.0. The quantitative estimate of drug-likeness (QED) is 0.857. The van der Waals surface area contributed by atoms with Gasteiger partial charge in [0.1, 0.15) is 5.82 Å². The van der Waals surface area contributed by atoms with Gasteiger partial charge in [-0.15, -0.1) is 0 Å². The Kier molecular flexibility index (Phi) is 3.23. The van der Waals surface area contributed by atoms with Gasteiger partial charge in [-0.25, -0.2) is 4.39 Å². The van der Waals surface area contributed by atoms with E-state index in [0.29, 0.717) is 10.9 Å². The summed E-state index contributed by atoms with van der Waals surface area (Å²) in [6, 6.07) is 4.59. The molecule has 0 aliphatic carbocycles. The van der Waals surface area contributed by atoms with E-state index in [4.69, 9.17) is 11.6 Å². The van der Waals surface area contributed by atoms with Crippen molar-refractivity contribution in [3.8, 4) is 0 Å². The highest BCUT2D eigenvalue weighted by Gasteiger charge is 2.44. The third-order valence-corrected chi connectivity index (χ3v) is 4.41. The number of amides is 1. The van der Waals surface area contributed by atoms with Gasteiger partial charge < -0.3 is 10.2 Å². The Morgan fingerprint density at radius 2 is 2.26 bits per heavy atom. The van der Waals surface area contributed by atoms with Gasteiger partial charge in [0, 0.05) is 30.2 Å². The predicted octanol–water partition coefficient (Wildman–Crippen LogP) is 2.30. The summed E-state index contributed by atoms with van der Waals surface area (Å²) in [5.74, 6) is -0.272. The normalized spacial score (nSPS) is 29.6. The van der Waals surface area contributed by atoms with Crippen molar-refractivity contribution in [2.24, 2.45) is 5.92 Å². The first-order valence-corrected chi connectivity index (χ1v) is 6.94. The molecule has 3 nitrogen and oxygen atoms in total. The number of rotatable bonds is 1. The van der Waals surface area contributed by atoms with Gasteiger partial charge in [0.05, 0.1) is 5.56 Å². The molecule has 1 aromatic rings. The molecule has 5 heteroatoms. The Hall–Kier alpha value is -1.13. The second-order valence-electron chi connectivity index (χ2n) is 5.41. The highest BCUT2D eigenvalue weighted by atomic mass is 35.5. The molecular formula is C14H16ClFN2O. The van der Waals surface area contributed by atoms with Crippen molar-refractivity contribution in [2.75, 3.05) is 13.1 Å². The fourth-order valence-electron chi connectivity index (χ4n) is 3.32. The standard InChI is InChI=1S/C14H16ClFN2O/c1-8-4-9-6-17-7-13(9)18(8)14(19)11-3-2-10(15)5-12(11)16/h2-3,5,8-9,13,17H,4,6-7H2,1H3. The molecule has 3 atom stereocenters. The van der Waals surface area contributed by atoms with Crippen LogP contribution in [0.25, 0.3) is 0 Å². The van der Waals surface area contributed by atoms with Crippen LogP contribution in [-0.4, -0.2) is 36.0 Å². The minimum Gasteiger partial charge on any atom is -0.331 e. The zero-order valence-electron chi connectivity index (χ0n) is 10.7. The van der Waals surface area contributed by atoms with Gasteiger partial charge in [0.15, 0.2) is 0 Å². The second kappa shape index (κ2) is 4.76. The topological polar surface area (TPSA) is 32.3 Å². The number of hydrogen-bond acceptors (Lipinski definition) is 2. The van der Waals surface area contributed by atoms with Gasteiger partial charge in [-0.1, -0.05) is 11.6 Å². The van der Waals surface area contributed by atoms with E-state index in [1.165, 1.54) is 12.1 Å². The van der Waals surface area contributed by atoms with Crippen molar-refractivity contribution in [3.63, 3.8) is 0 Å². The number of hydrogen-bond donors (Lipinski definition) is 1. The zero-order chi connectivity index (χ0) is 13.6. The van der Waals surface area contributed by atoms with E-state index in [1.54, 1.807) is 6.07 Å². The van der Waals surface area contributed by atoms with Crippen LogP contribution in [0.1, 0.15) is 23.7 Å². The minimum atomic E-state index is -0.542. The van der Waals surface area contributed by atoms with Crippen LogP contribution < -0.4 is 5.32 Å². The Morgan fingerprint density at radius 3 is 3.00 bits per heavy atom. The smallest absolute Gasteiger partial charge is 0.257 e. The first-order chi connectivity index (χ1) is 9.08. The zero-order valence-corrected chi connectivity index (χ0v) is 11.5. The van der Waals surface area contributed by atoms with Crippen molar-refractivity contribution in [2.45, 2.75) is 25.4 Å². The van der Waals surface area contributed by atoms with E-state index in [2.05, 4.69) is 5.32 Å². The third kappa shape index (κ3) is 2.13. The molecule has 2 aliphatic heterocycles. The molecule has 1 aromatic carbocycles. The van der Waals surface area contributed by atoms with Gasteiger partial charge in [-0.3, -0.25) is 4.79 Å². The molecule has 0 spiro atoms. The number of nitrogens with one attached hydrogen (secondary N) is 1. The van der Waals surface area contributed by atoms with E-state index >= 15 is 0 Å². The van der Waals surface area contributed by atoms with Crippen molar-refractivity contribution >= 4 is 17.5 Å². The number of benzene rings is 1. The maximum absolute atomic E-state index is 13.9. The number of carbonyl (C=O) groups excluding carboxylic acids is 1. The van der Waals surface area contributed by atoms with Gasteiger partial charge in [0.2, 0.25) is 0 Å². The molecule has 2 heterocycles. The van der Waals surface area contributed by atoms with Crippen LogP contribution in [0.3, 0.4) is 0 Å². The lowest BCUT2D eigenvalue weighted by Gasteiger charge is -2.27. The molecule has 0 bridgehead atoms. The van der Waals surface area contributed by atoms with Gasteiger partial charge >= 0.3 is 0 Å². The van der Waals surface area contributed by atoms with Gasteiger partial charge in [-0.05, 0) is 37.5 Å². The molecule has 0 aromatic heterocycles. The largest absolute Gasteiger partial charge is 0.331 e. The molecule has 3 unspecified atom stereocenters. The van der Waals surface area contributed by atoms with Gasteiger partial charge in [0.25, 0.3) is 5.91 Å². The Labute approximate surface area is 116 Å². The molecule has 2 saturated heterocycles. The number of likely N-dealkylation sites (tertiary alicyclic amines) is 1. The molecular weight excluding hydrogens is 267 g/mol. The Bertz CT molecular complexity index is 522. The summed E-state index contributed by atoms with van der Waals surface area (Å²) in [7, 11) is 0. The molecule has 0 saturated carbocycles. The summed E-state index contributed by atoms with van der Waals surface area (Å²) in [4.78, 5) is 14.4. The molecule has 2 aliphatic rings. The second-order valence-corrected chi connectivity index (χ2v) is 5.84. The molecule has 1 amide bonds. The van der Waals surface area contributed by atoms with Crippen LogP contribution in [0.5, 0.6) is 0 Å². The highest BCUT2D eigenvalue weighted by molar-refractivity contribution is 6.30. The lowest BCUT2D eigenvalue weighted by molar-refractivity contribution is 0.0677. The van der Waals surface area contributed by atoms with E-state index in [-0.39, 0.29) is 23.6 Å². The van der Waals surface area contributed by atoms with E-state index in [9.17, 15) is 9.18 Å². The molecule has 1 N–H and O–H groups in total. The number of carbonyl (C=O) groups is 1. The fraction of sp³-hybridized carbons (Fsp3) is 0.500. The average molecular weight is 283 g/mol. The van der Waals surface area contributed by atoms with E-state index in [1.807, 2.05) is 11.8 Å². The van der Waals surface area contributed by atoms with E-state index in [0.717, 1.165) is 19.5 Å². The summed E-state index contributed by atoms with van der Waals surface area (Å²) >= 11 is 5.72. The molecule has 3 rings (SSSR count). The maximum Gasteiger partial charge on any atom is 0.257 e. The summed E-state index contributed by atoms with van der Waals surface area (Å²) < 4.78 is 13.9. The first-order valence-electron chi connectivity index (χ1n) is 6.56. The Morgan fingerprint density at radius 1 is 1.47 bits per heavy atom. The third-order valence-electron chi connectivity index (χ3n) is 4.18. The summed E-state index contributed by atoms with van der Waals surface area (Å²) in [5, 5.41) is 3.61. The molecule has 2 fully saturated rings. The number of halogens is 2. The Balaban J connectivity index is 1.90. The molecule has 0 radical (unpaired) electrons. The SMILES string of the molecule is CC1CC2CNCC2N1C(=O)c1ccc(Cl)cc1F. The van der Waals surface area contributed by atoms with Crippen molar-refractivity contribution in [3.05, 3.63) is 34.6 Å². The van der Waals surface area contributed by atoms with Crippen LogP contribution in [0, 0.1) is 11.7 Å². The maximum atomic E-state index is 13.9. The van der Waals surface area contributed by atoms with Crippen LogP contribution >= 0.6 is 11.6 Å². The van der Waals surface area contributed by atoms with Crippen LogP contribution in [0.2, 0.25) is 5.02 Å². The van der Waals surface area contributed by atoms with Crippen molar-refractivity contribution in [1.82, 2.24) is 10.2 Å². The number of nitrogens with zero attached hydrogens (tertiary/aromatic N) is 1. The number of fused-ring (bicyclic) bond motifs is 1. The summed E-state index contributed by atoms with van der Waals surface area (Å²) in [6.45, 7) is 3.78. The monoisotopic (exact) mass is 282 g/mol. The van der Waals surface area contributed by atoms with Crippen molar-refractivity contribution < 1.29 is 9.18 Å². The lowest BCUT2D eigenvalue weighted by Crippen LogP contribution is -2.43. The average Bonchev–Trinajstić information content (AvgIpc) is 2.87. The molecule has 19 heavy (non-hydrogen) atoms. The van der Waals surface area contributed by atoms with Crippen LogP contribution in [0.15, 0.2) is 18.2 Å². The predicted molar refractivity (Wildman–Crippen MR) is 71.8 cm³/mol. The summed E-state index contributed by atoms with van der Waals surface area (Å²) in [5.41, 5.74) is 0.115. The van der Waals surface area contributed by atoms with Crippen LogP contribution in [-0.2, 0) is 0 Å². The van der Waals surface area contributed by atoms with Crippen LogP contribution in [0.4, 0.5) is 4.39 Å². The summed E-state index contributed by atoms with van der Waals surface area (Å²) in [6.07, 6.45) is 0.985. The van der Waals surface area contributed by atoms with Crippen molar-refractivity contribution in [1.29, 1.82) is 0 Å². The fourth-order valence-corrected chi connectivity index (χ4v) is 3.48. The van der Waals surface area contributed by atoms with E-state index < -0.39 is 5.82 Å². The molecule has 102 valence electrons. The highest BCUT2D eigenvalue weighted by Crippen LogP contribution is 2.33.